The molecule has 4 aromatic heterocycles. The van der Waals surface area contributed by atoms with Crippen molar-refractivity contribution in [2.45, 2.75) is 13.8 Å². The van der Waals surface area contributed by atoms with Crippen molar-refractivity contribution in [3.8, 4) is 51.5 Å². The molecule has 0 spiro atoms. The number of benzene rings is 4. The van der Waals surface area contributed by atoms with Gasteiger partial charge >= 0.3 is 0 Å². The highest BCUT2D eigenvalue weighted by Gasteiger charge is 2.17. The van der Waals surface area contributed by atoms with Crippen LogP contribution in [-0.4, -0.2) is 24.5 Å². The molecule has 0 aliphatic rings. The van der Waals surface area contributed by atoms with Gasteiger partial charge in [-0.05, 0) is 92.6 Å². The van der Waals surface area contributed by atoms with E-state index in [-0.39, 0.29) is 5.69 Å². The molecule has 0 N–H and O–H groups in total. The number of fused-ring (bicyclic) bond motifs is 3. The van der Waals surface area contributed by atoms with E-state index in [9.17, 15) is 0 Å². The van der Waals surface area contributed by atoms with Gasteiger partial charge in [-0.3, -0.25) is 14.5 Å². The first-order chi connectivity index (χ1) is 24.3. The third kappa shape index (κ3) is 5.66. The molecule has 4 aromatic carbocycles. The maximum Gasteiger partial charge on any atom is 0.234 e. The molecule has 47 heavy (non-hydrogen) atoms. The third-order valence-corrected chi connectivity index (χ3v) is 7.83. The van der Waals surface area contributed by atoms with Crippen LogP contribution in [0.3, 0.4) is 0 Å². The smallest absolute Gasteiger partial charge is 0.234 e. The van der Waals surface area contributed by atoms with Crippen LogP contribution in [-0.2, 0) is 0 Å². The van der Waals surface area contributed by atoms with Crippen molar-refractivity contribution in [1.29, 1.82) is 0 Å². The second kappa shape index (κ2) is 11.9. The Morgan fingerprint density at radius 1 is 0.532 bits per heavy atom. The average molecular weight is 615 g/mol. The Morgan fingerprint density at radius 2 is 1.04 bits per heavy atom. The number of rotatable bonds is 7. The minimum absolute atomic E-state index is 0.0457. The highest BCUT2D eigenvalue weighted by molar-refractivity contribution is 6.09. The Labute approximate surface area is 276 Å². The molecule has 0 bridgehead atoms. The van der Waals surface area contributed by atoms with Gasteiger partial charge in [-0.25, -0.2) is 9.97 Å². The van der Waals surface area contributed by atoms with Crippen LogP contribution < -0.4 is 9.47 Å². The Morgan fingerprint density at radius 3 is 1.60 bits per heavy atom. The summed E-state index contributed by atoms with van der Waals surface area (Å²) >= 11 is 0. The normalized spacial score (nSPS) is 12.4. The molecule has 226 valence electrons. The van der Waals surface area contributed by atoms with E-state index in [1.165, 1.54) is 6.07 Å². The van der Waals surface area contributed by atoms with Crippen LogP contribution in [0.15, 0.2) is 140 Å². The number of ether oxygens (including phenoxy) is 2. The molecule has 8 rings (SSSR count). The van der Waals surface area contributed by atoms with Gasteiger partial charge < -0.3 is 9.47 Å². The molecule has 0 atom stereocenters. The maximum absolute atomic E-state index is 7.74. The first-order valence-corrected chi connectivity index (χ1v) is 15.1. The SMILES string of the molecule is [2H]C([2H])([2H])c1cccc(-c2cccc(Oc3ccc4c5ccc(Oc6cccc(-c7cccc(C)n7)c6)cc5n(-c5ncccn5)c4c3)c2)n1. The number of hydrogen-bond donors (Lipinski definition) is 0. The molecule has 4 heterocycles. The van der Waals surface area contributed by atoms with E-state index < -0.39 is 6.85 Å². The van der Waals surface area contributed by atoms with Gasteiger partial charge in [0.15, 0.2) is 0 Å². The van der Waals surface area contributed by atoms with Gasteiger partial charge in [-0.15, -0.1) is 0 Å². The Kier molecular flexibility index (Phi) is 6.29. The molecular formula is C40H29N5O2. The fourth-order valence-electron chi connectivity index (χ4n) is 5.74. The average Bonchev–Trinajstić information content (AvgIpc) is 3.44. The molecule has 0 radical (unpaired) electrons. The predicted molar refractivity (Wildman–Crippen MR) is 185 cm³/mol. The largest absolute Gasteiger partial charge is 0.457 e. The van der Waals surface area contributed by atoms with Crippen LogP contribution in [0.2, 0.25) is 0 Å². The molecule has 0 fully saturated rings. The number of aryl methyl sites for hydroxylation is 2. The third-order valence-electron chi connectivity index (χ3n) is 7.83. The van der Waals surface area contributed by atoms with E-state index in [4.69, 9.17) is 13.6 Å². The van der Waals surface area contributed by atoms with Crippen molar-refractivity contribution < 1.29 is 13.6 Å². The summed E-state index contributed by atoms with van der Waals surface area (Å²) in [7, 11) is 0. The van der Waals surface area contributed by atoms with Gasteiger partial charge in [-0.2, -0.15) is 0 Å². The van der Waals surface area contributed by atoms with Crippen LogP contribution in [0, 0.1) is 13.8 Å². The topological polar surface area (TPSA) is 75.0 Å². The Bertz CT molecular complexity index is 2510. The van der Waals surface area contributed by atoms with E-state index in [0.29, 0.717) is 34.6 Å². The lowest BCUT2D eigenvalue weighted by Gasteiger charge is -2.10. The standard InChI is InChI=1S/C40H29N5O2/c1-26-8-3-14-36(43-26)28-10-5-12-30(22-28)46-32-16-18-34-35-19-17-33(25-39(35)45(38(34)24-32)40-41-20-7-21-42-40)47-31-13-6-11-29(23-31)37-15-4-9-27(2)44-37/h3-25H,1-2H3/i1D3. The van der Waals surface area contributed by atoms with Crippen molar-refractivity contribution in [2.24, 2.45) is 0 Å². The van der Waals surface area contributed by atoms with Crippen molar-refractivity contribution >= 4 is 21.8 Å². The van der Waals surface area contributed by atoms with Crippen molar-refractivity contribution in [3.63, 3.8) is 0 Å². The molecule has 0 saturated heterocycles. The molecule has 0 aliphatic carbocycles. The zero-order valence-corrected chi connectivity index (χ0v) is 25.3. The molecule has 0 unspecified atom stereocenters. The van der Waals surface area contributed by atoms with E-state index in [0.717, 1.165) is 44.3 Å². The number of hydrogen-bond acceptors (Lipinski definition) is 6. The summed E-state index contributed by atoms with van der Waals surface area (Å²) in [4.78, 5) is 18.2. The molecule has 7 nitrogen and oxygen atoms in total. The lowest BCUT2D eigenvalue weighted by molar-refractivity contribution is 0.483. The zero-order valence-electron chi connectivity index (χ0n) is 28.3. The summed E-state index contributed by atoms with van der Waals surface area (Å²) < 4.78 is 38.0. The summed E-state index contributed by atoms with van der Waals surface area (Å²) in [6, 6.07) is 40.0. The van der Waals surface area contributed by atoms with Crippen molar-refractivity contribution in [2.75, 3.05) is 0 Å². The van der Waals surface area contributed by atoms with Crippen molar-refractivity contribution in [1.82, 2.24) is 24.5 Å². The highest BCUT2D eigenvalue weighted by atomic mass is 16.5. The second-order valence-corrected chi connectivity index (χ2v) is 11.1. The predicted octanol–water partition coefficient (Wildman–Crippen LogP) is 9.90. The minimum Gasteiger partial charge on any atom is -0.457 e. The van der Waals surface area contributed by atoms with Gasteiger partial charge in [-0.1, -0.05) is 36.4 Å². The van der Waals surface area contributed by atoms with E-state index in [1.807, 2.05) is 115 Å². The monoisotopic (exact) mass is 614 g/mol. The number of pyridine rings is 2. The highest BCUT2D eigenvalue weighted by Crippen LogP contribution is 2.37. The fraction of sp³-hybridized carbons (Fsp3) is 0.0500. The molecule has 0 aliphatic heterocycles. The quantitative estimate of drug-likeness (QED) is 0.178. The van der Waals surface area contributed by atoms with Crippen LogP contribution in [0.1, 0.15) is 15.5 Å². The van der Waals surface area contributed by atoms with Crippen LogP contribution in [0.25, 0.3) is 50.3 Å². The minimum atomic E-state index is -2.29. The van der Waals surface area contributed by atoms with Crippen molar-refractivity contribution in [3.05, 3.63) is 151 Å². The van der Waals surface area contributed by atoms with Crippen LogP contribution in [0.5, 0.6) is 23.0 Å². The maximum atomic E-state index is 7.74. The second-order valence-electron chi connectivity index (χ2n) is 11.1. The first-order valence-electron chi connectivity index (χ1n) is 16.6. The van der Waals surface area contributed by atoms with Crippen LogP contribution >= 0.6 is 0 Å². The van der Waals surface area contributed by atoms with Crippen LogP contribution in [0.4, 0.5) is 0 Å². The Hall–Kier alpha value is -6.34. The molecule has 7 heteroatoms. The number of nitrogens with zero attached hydrogens (tertiary/aromatic N) is 5. The van der Waals surface area contributed by atoms with Gasteiger partial charge in [0.05, 0.1) is 22.4 Å². The van der Waals surface area contributed by atoms with E-state index in [2.05, 4.69) is 19.9 Å². The summed E-state index contributed by atoms with van der Waals surface area (Å²) in [6.45, 7) is -0.316. The molecule has 0 amide bonds. The first kappa shape index (κ1) is 24.9. The number of aromatic nitrogens is 5. The summed E-state index contributed by atoms with van der Waals surface area (Å²) in [5, 5.41) is 2.00. The fourth-order valence-corrected chi connectivity index (χ4v) is 5.74. The summed E-state index contributed by atoms with van der Waals surface area (Å²) in [5.41, 5.74) is 5.88. The zero-order chi connectivity index (χ0) is 34.2. The van der Waals surface area contributed by atoms with Gasteiger partial charge in [0, 0.05) is 61.9 Å². The van der Waals surface area contributed by atoms with Gasteiger partial charge in [0.1, 0.15) is 23.0 Å². The van der Waals surface area contributed by atoms with E-state index >= 15 is 0 Å². The van der Waals surface area contributed by atoms with E-state index in [1.54, 1.807) is 30.6 Å². The Balaban J connectivity index is 1.16. The summed E-state index contributed by atoms with van der Waals surface area (Å²) in [5.74, 6) is 3.06. The lowest BCUT2D eigenvalue weighted by atomic mass is 10.1. The molecule has 8 aromatic rings. The molecule has 0 saturated carbocycles. The molecular weight excluding hydrogens is 582 g/mol. The van der Waals surface area contributed by atoms with Gasteiger partial charge in [0.2, 0.25) is 5.95 Å². The van der Waals surface area contributed by atoms with Gasteiger partial charge in [0.25, 0.3) is 0 Å². The summed E-state index contributed by atoms with van der Waals surface area (Å²) in [6.07, 6.45) is 3.43. The lowest BCUT2D eigenvalue weighted by Crippen LogP contribution is -2.00.